The first-order valence-electron chi connectivity index (χ1n) is 19.9. The van der Waals surface area contributed by atoms with Gasteiger partial charge in [0.15, 0.2) is 0 Å². The largest absolute Gasteiger partial charge is 0.248 e. The second-order valence-corrected chi connectivity index (χ2v) is 15.3. The molecule has 2 heteroatoms. The Morgan fingerprint density at radius 1 is 0.414 bits per heavy atom. The van der Waals surface area contributed by atoms with Crippen molar-refractivity contribution in [2.45, 2.75) is 11.8 Å². The Kier molecular flexibility index (Phi) is 7.88. The fourth-order valence-corrected chi connectivity index (χ4v) is 9.56. The zero-order valence-corrected chi connectivity index (χ0v) is 31.7. The fourth-order valence-electron chi connectivity index (χ4n) is 9.56. The van der Waals surface area contributed by atoms with Gasteiger partial charge in [0.05, 0.1) is 28.5 Å². The zero-order chi connectivity index (χ0) is 38.6. The Bertz CT molecular complexity index is 3040. The summed E-state index contributed by atoms with van der Waals surface area (Å²) in [5.41, 5.74) is 21.3. The van der Waals surface area contributed by atoms with Crippen LogP contribution in [0.3, 0.4) is 0 Å². The van der Waals surface area contributed by atoms with Crippen molar-refractivity contribution in [1.82, 2.24) is 0 Å². The van der Waals surface area contributed by atoms with Crippen molar-refractivity contribution in [3.05, 3.63) is 251 Å². The number of rotatable bonds is 5. The molecule has 1 spiro atoms. The molecule has 3 aliphatic rings. The van der Waals surface area contributed by atoms with E-state index in [1.807, 2.05) is 6.07 Å². The van der Waals surface area contributed by atoms with Crippen molar-refractivity contribution in [3.63, 3.8) is 0 Å². The van der Waals surface area contributed by atoms with Gasteiger partial charge in [0.1, 0.15) is 0 Å². The normalized spacial score (nSPS) is 14.2. The van der Waals surface area contributed by atoms with E-state index in [0.29, 0.717) is 5.56 Å². The molecule has 2 aliphatic carbocycles. The summed E-state index contributed by atoms with van der Waals surface area (Å²) in [7, 11) is 0. The standard InChI is InChI=1S/C56H36N2/c57-36-37-25-29-52-49(31-37)48-28-26-43(34-53(48)56(52)50-23-9-7-21-46(50)47-22-8-10-24-51(47)56)42-19-12-20-45(33-42)54-30-27-44(35-55(58-54)39-15-5-2-6-16-39)41-18-11-17-40(32-41)38-13-3-1-4-14-38/h1-26,28-35H,27H2. The van der Waals surface area contributed by atoms with Gasteiger partial charge in [-0.25, -0.2) is 4.99 Å². The number of benzene rings is 8. The molecule has 0 saturated heterocycles. The number of hydrogen-bond acceptors (Lipinski definition) is 2. The minimum absolute atomic E-state index is 0.488. The highest BCUT2D eigenvalue weighted by molar-refractivity contribution is 6.15. The molecule has 0 bridgehead atoms. The third-order valence-electron chi connectivity index (χ3n) is 12.2. The van der Waals surface area contributed by atoms with Crippen LogP contribution in [0.5, 0.6) is 0 Å². The highest BCUT2D eigenvalue weighted by Gasteiger charge is 2.51. The lowest BCUT2D eigenvalue weighted by molar-refractivity contribution is 0.794. The van der Waals surface area contributed by atoms with Crippen LogP contribution in [0.25, 0.3) is 55.8 Å². The van der Waals surface area contributed by atoms with Crippen LogP contribution in [0.1, 0.15) is 50.9 Å². The molecule has 1 aliphatic heterocycles. The van der Waals surface area contributed by atoms with Crippen molar-refractivity contribution < 1.29 is 0 Å². The molecule has 0 radical (unpaired) electrons. The molecule has 11 rings (SSSR count). The maximum Gasteiger partial charge on any atom is 0.0991 e. The number of nitrogens with zero attached hydrogens (tertiary/aromatic N) is 2. The second-order valence-electron chi connectivity index (χ2n) is 15.3. The summed E-state index contributed by atoms with van der Waals surface area (Å²) in [5.74, 6) is 0. The molecule has 270 valence electrons. The minimum Gasteiger partial charge on any atom is -0.248 e. The Hall–Kier alpha value is -7.60. The molecule has 0 amide bonds. The molecule has 1 heterocycles. The van der Waals surface area contributed by atoms with Gasteiger partial charge < -0.3 is 0 Å². The van der Waals surface area contributed by atoms with Crippen molar-refractivity contribution in [2.24, 2.45) is 4.99 Å². The van der Waals surface area contributed by atoms with Crippen molar-refractivity contribution in [1.29, 1.82) is 5.26 Å². The first-order chi connectivity index (χ1) is 28.7. The van der Waals surface area contributed by atoms with Gasteiger partial charge in [0.25, 0.3) is 0 Å². The van der Waals surface area contributed by atoms with Crippen LogP contribution >= 0.6 is 0 Å². The highest BCUT2D eigenvalue weighted by Crippen LogP contribution is 2.63. The maximum absolute atomic E-state index is 9.97. The molecule has 2 nitrogen and oxygen atoms in total. The van der Waals surface area contributed by atoms with E-state index < -0.39 is 5.41 Å². The van der Waals surface area contributed by atoms with Gasteiger partial charge in [-0.05, 0) is 121 Å². The van der Waals surface area contributed by atoms with Crippen LogP contribution < -0.4 is 0 Å². The predicted octanol–water partition coefficient (Wildman–Crippen LogP) is 13.6. The zero-order valence-electron chi connectivity index (χ0n) is 31.7. The summed E-state index contributed by atoms with van der Waals surface area (Å²) < 4.78 is 0. The van der Waals surface area contributed by atoms with Crippen LogP contribution in [0, 0.1) is 11.3 Å². The first-order valence-corrected chi connectivity index (χ1v) is 19.9. The molecular weight excluding hydrogens is 701 g/mol. The van der Waals surface area contributed by atoms with Gasteiger partial charge in [0.2, 0.25) is 0 Å². The third kappa shape index (κ3) is 5.29. The minimum atomic E-state index is -0.488. The van der Waals surface area contributed by atoms with Crippen LogP contribution in [0.15, 0.2) is 211 Å². The number of hydrogen-bond donors (Lipinski definition) is 0. The second kappa shape index (κ2) is 13.6. The summed E-state index contributed by atoms with van der Waals surface area (Å²) in [6, 6.07) is 72.0. The number of allylic oxidation sites excluding steroid dienone is 3. The van der Waals surface area contributed by atoms with Gasteiger partial charge >= 0.3 is 0 Å². The van der Waals surface area contributed by atoms with Gasteiger partial charge in [-0.3, -0.25) is 0 Å². The number of aliphatic imine (C=N–C) groups is 1. The van der Waals surface area contributed by atoms with Gasteiger partial charge in [-0.15, -0.1) is 0 Å². The average molecular weight is 737 g/mol. The lowest BCUT2D eigenvalue weighted by atomic mass is 9.70. The van der Waals surface area contributed by atoms with E-state index in [9.17, 15) is 5.26 Å². The molecule has 0 N–H and O–H groups in total. The third-order valence-corrected chi connectivity index (χ3v) is 12.2. The lowest BCUT2D eigenvalue weighted by Crippen LogP contribution is -2.25. The average Bonchev–Trinajstić information content (AvgIpc) is 3.63. The summed E-state index contributed by atoms with van der Waals surface area (Å²) in [6.45, 7) is 0. The van der Waals surface area contributed by atoms with Gasteiger partial charge in [-0.1, -0.05) is 170 Å². The van der Waals surface area contributed by atoms with E-state index in [-0.39, 0.29) is 0 Å². The Labute approximate surface area is 339 Å². The van der Waals surface area contributed by atoms with Crippen LogP contribution in [0.2, 0.25) is 0 Å². The first kappa shape index (κ1) is 33.7. The molecule has 0 aromatic heterocycles. The smallest absolute Gasteiger partial charge is 0.0991 e. The molecule has 58 heavy (non-hydrogen) atoms. The Balaban J connectivity index is 1.03. The van der Waals surface area contributed by atoms with Crippen molar-refractivity contribution in [2.75, 3.05) is 0 Å². The molecule has 0 atom stereocenters. The lowest BCUT2D eigenvalue weighted by Gasteiger charge is -2.30. The Morgan fingerprint density at radius 3 is 1.69 bits per heavy atom. The number of fused-ring (bicyclic) bond motifs is 10. The fraction of sp³-hybridized carbons (Fsp3) is 0.0357. The highest BCUT2D eigenvalue weighted by atomic mass is 14.8. The van der Waals surface area contributed by atoms with E-state index in [1.54, 1.807) is 0 Å². The van der Waals surface area contributed by atoms with Crippen molar-refractivity contribution in [3.8, 4) is 50.6 Å². The van der Waals surface area contributed by atoms with Crippen LogP contribution in [-0.2, 0) is 5.41 Å². The van der Waals surface area contributed by atoms with E-state index in [1.165, 1.54) is 61.2 Å². The van der Waals surface area contributed by atoms with Gasteiger partial charge in [-0.2, -0.15) is 5.26 Å². The van der Waals surface area contributed by atoms with Crippen LogP contribution in [-0.4, -0.2) is 5.71 Å². The quantitative estimate of drug-likeness (QED) is 0.173. The maximum atomic E-state index is 9.97. The molecule has 0 saturated carbocycles. The monoisotopic (exact) mass is 736 g/mol. The molecule has 8 aromatic carbocycles. The molecular formula is C56H36N2. The molecule has 0 unspecified atom stereocenters. The SMILES string of the molecule is N#Cc1ccc2c(c1)-c1ccc(-c3cccc(C4=CCC(c5cccc(-c6ccccc6)c5)=CC(c5ccccc5)=N4)c3)cc1C21c2ccccc2-c2ccccc21. The van der Waals surface area contributed by atoms with E-state index >= 15 is 0 Å². The molecule has 0 fully saturated rings. The topological polar surface area (TPSA) is 36.1 Å². The van der Waals surface area contributed by atoms with E-state index in [2.05, 4.69) is 206 Å². The summed E-state index contributed by atoms with van der Waals surface area (Å²) in [6.07, 6.45) is 5.30. The Morgan fingerprint density at radius 2 is 0.966 bits per heavy atom. The summed E-state index contributed by atoms with van der Waals surface area (Å²) in [5, 5.41) is 9.97. The van der Waals surface area contributed by atoms with Crippen LogP contribution in [0.4, 0.5) is 0 Å². The van der Waals surface area contributed by atoms with Crippen molar-refractivity contribution >= 4 is 17.0 Å². The van der Waals surface area contributed by atoms with Gasteiger partial charge in [0, 0.05) is 11.1 Å². The summed E-state index contributed by atoms with van der Waals surface area (Å²) >= 11 is 0. The van der Waals surface area contributed by atoms with E-state index in [4.69, 9.17) is 4.99 Å². The number of nitriles is 1. The molecule has 8 aromatic rings. The predicted molar refractivity (Wildman–Crippen MR) is 238 cm³/mol. The van der Waals surface area contributed by atoms with E-state index in [0.717, 1.165) is 45.6 Å². The summed E-state index contributed by atoms with van der Waals surface area (Å²) in [4.78, 5) is 5.39.